The van der Waals surface area contributed by atoms with E-state index in [-0.39, 0.29) is 11.8 Å². The summed E-state index contributed by atoms with van der Waals surface area (Å²) >= 11 is 0. The van der Waals surface area contributed by atoms with E-state index < -0.39 is 34.2 Å². The lowest BCUT2D eigenvalue weighted by Crippen LogP contribution is -2.68. The SMILES string of the molecule is CC(C)c1ccccc1-c1ccc(C2(c3ccc(-c4ccccc4C(C)C)cc3-c3ccccc3C(C)C)OP3OP4OC(O4)(O3)C2(C)C)c(-c2ccccc2C(C)C)c1. The fourth-order valence-electron chi connectivity index (χ4n) is 9.68. The average Bonchev–Trinajstić information content (AvgIpc) is 3.24. The van der Waals surface area contributed by atoms with Crippen molar-refractivity contribution in [3.05, 3.63) is 167 Å². The zero-order chi connectivity index (χ0) is 42.1. The van der Waals surface area contributed by atoms with E-state index in [0.717, 1.165) is 44.5 Å². The lowest BCUT2D eigenvalue weighted by molar-refractivity contribution is -0.424. The van der Waals surface area contributed by atoms with Crippen molar-refractivity contribution in [1.82, 2.24) is 0 Å². The van der Waals surface area contributed by atoms with E-state index in [0.29, 0.717) is 11.8 Å². The van der Waals surface area contributed by atoms with Gasteiger partial charge in [-0.15, -0.1) is 0 Å². The van der Waals surface area contributed by atoms with Crippen LogP contribution in [0.5, 0.6) is 0 Å². The summed E-state index contributed by atoms with van der Waals surface area (Å²) in [5, 5.41) is 0. The van der Waals surface area contributed by atoms with Gasteiger partial charge in [-0.3, -0.25) is 18.1 Å². The highest BCUT2D eigenvalue weighted by Crippen LogP contribution is 2.84. The van der Waals surface area contributed by atoms with Crippen LogP contribution in [-0.4, -0.2) is 5.97 Å². The zero-order valence-electron chi connectivity index (χ0n) is 36.4. The summed E-state index contributed by atoms with van der Waals surface area (Å²) in [7, 11) is -3.44. The molecule has 1 atom stereocenters. The van der Waals surface area contributed by atoms with E-state index in [1.54, 1.807) is 0 Å². The quantitative estimate of drug-likeness (QED) is 0.129. The molecule has 0 aromatic heterocycles. The predicted molar refractivity (Wildman–Crippen MR) is 248 cm³/mol. The Morgan fingerprint density at radius 1 is 0.383 bits per heavy atom. The molecule has 0 saturated carbocycles. The van der Waals surface area contributed by atoms with Crippen LogP contribution >= 0.6 is 17.2 Å². The van der Waals surface area contributed by atoms with Crippen LogP contribution in [0.25, 0.3) is 44.5 Å². The standard InChI is InChI=1S/C53H56O5P2/c1-33(2)39-19-11-15-23-43(39)37-27-29-49(47(31-37)45-25-17-13-21-41(45)35(5)6)52(51(9,10)53-55-59(54-52)58-60(56-53)57-53)50-30-28-38(44-24-16-12-20-40(44)34(3)4)32-48(50)46-26-18-14-22-42(46)36(7)8/h11-36H,1-10H3. The molecule has 7 heteroatoms. The van der Waals surface area contributed by atoms with Crippen LogP contribution in [0.4, 0.5) is 0 Å². The van der Waals surface area contributed by atoms with E-state index in [9.17, 15) is 0 Å². The molecule has 6 aromatic rings. The molecule has 0 amide bonds. The molecule has 4 aliphatic heterocycles. The fourth-order valence-corrected chi connectivity index (χ4v) is 12.9. The minimum atomic E-state index is -1.87. The number of hydrogen-bond acceptors (Lipinski definition) is 5. The molecule has 4 saturated heterocycles. The van der Waals surface area contributed by atoms with Gasteiger partial charge >= 0.3 is 23.2 Å². The first-order chi connectivity index (χ1) is 28.8. The minimum Gasteiger partial charge on any atom is -0.294 e. The highest BCUT2D eigenvalue weighted by atomic mass is 31.2. The fraction of sp³-hybridized carbons (Fsp3) is 0.321. The zero-order valence-corrected chi connectivity index (χ0v) is 38.2. The van der Waals surface area contributed by atoms with Gasteiger partial charge in [-0.05, 0) is 128 Å². The minimum absolute atomic E-state index is 0.265. The summed E-state index contributed by atoms with van der Waals surface area (Å²) < 4.78 is 33.7. The van der Waals surface area contributed by atoms with Gasteiger partial charge in [-0.2, -0.15) is 0 Å². The normalized spacial score (nSPS) is 21.4. The van der Waals surface area contributed by atoms with Crippen LogP contribution in [0.15, 0.2) is 133 Å². The molecular formula is C53H56O5P2. The first kappa shape index (κ1) is 41.3. The van der Waals surface area contributed by atoms with Gasteiger partial charge in [0.05, 0.1) is 5.41 Å². The molecule has 1 unspecified atom stereocenters. The highest BCUT2D eigenvalue weighted by molar-refractivity contribution is 7.57. The molecule has 3 bridgehead atoms. The summed E-state index contributed by atoms with van der Waals surface area (Å²) in [6.45, 7) is 22.5. The second-order valence-corrected chi connectivity index (χ2v) is 20.5. The molecule has 6 aromatic carbocycles. The smallest absolute Gasteiger partial charge is 0.294 e. The third-order valence-corrected chi connectivity index (χ3v) is 15.6. The molecule has 0 N–H and O–H groups in total. The maximum atomic E-state index is 7.64. The second-order valence-electron chi connectivity index (χ2n) is 18.2. The monoisotopic (exact) mass is 834 g/mol. The van der Waals surface area contributed by atoms with Crippen LogP contribution in [0.1, 0.15) is 126 Å². The lowest BCUT2D eigenvalue weighted by Gasteiger charge is -2.65. The largest absolute Gasteiger partial charge is 0.349 e. The van der Waals surface area contributed by atoms with Crippen LogP contribution in [0.2, 0.25) is 0 Å². The molecule has 0 radical (unpaired) electrons. The predicted octanol–water partition coefficient (Wildman–Crippen LogP) is 16.3. The lowest BCUT2D eigenvalue weighted by atomic mass is 9.62. The van der Waals surface area contributed by atoms with Gasteiger partial charge in [0.1, 0.15) is 5.60 Å². The van der Waals surface area contributed by atoms with Crippen molar-refractivity contribution in [3.8, 4) is 44.5 Å². The molecule has 60 heavy (non-hydrogen) atoms. The van der Waals surface area contributed by atoms with Crippen LogP contribution in [0, 0.1) is 5.41 Å². The summed E-state index contributed by atoms with van der Waals surface area (Å²) in [6, 6.07) is 49.2. The van der Waals surface area contributed by atoms with E-state index in [2.05, 4.69) is 203 Å². The first-order valence-electron chi connectivity index (χ1n) is 21.5. The molecule has 308 valence electrons. The Morgan fingerprint density at radius 2 is 0.717 bits per heavy atom. The third kappa shape index (κ3) is 6.56. The Morgan fingerprint density at radius 3 is 1.10 bits per heavy atom. The van der Waals surface area contributed by atoms with Crippen molar-refractivity contribution in [1.29, 1.82) is 0 Å². The maximum Gasteiger partial charge on any atom is 0.349 e. The Kier molecular flexibility index (Phi) is 10.8. The van der Waals surface area contributed by atoms with Crippen LogP contribution < -0.4 is 0 Å². The molecule has 1 spiro atoms. The molecule has 0 aliphatic carbocycles. The number of benzene rings is 6. The molecule has 4 aliphatic rings. The van der Waals surface area contributed by atoms with E-state index in [1.807, 2.05) is 0 Å². The van der Waals surface area contributed by atoms with Gasteiger partial charge in [0.2, 0.25) is 0 Å². The van der Waals surface area contributed by atoms with Crippen molar-refractivity contribution >= 4 is 17.2 Å². The topological polar surface area (TPSA) is 46.2 Å². The van der Waals surface area contributed by atoms with Crippen molar-refractivity contribution < 1.29 is 22.4 Å². The molecule has 4 heterocycles. The first-order valence-corrected chi connectivity index (χ1v) is 23.7. The average molecular weight is 835 g/mol. The van der Waals surface area contributed by atoms with Crippen molar-refractivity contribution in [2.75, 3.05) is 0 Å². The van der Waals surface area contributed by atoms with Gasteiger partial charge in [-0.25, -0.2) is 4.31 Å². The van der Waals surface area contributed by atoms with Crippen LogP contribution in [0.3, 0.4) is 0 Å². The summed E-state index contributed by atoms with van der Waals surface area (Å²) in [4.78, 5) is 0. The van der Waals surface area contributed by atoms with Crippen molar-refractivity contribution in [3.63, 3.8) is 0 Å². The Balaban J connectivity index is 1.42. The van der Waals surface area contributed by atoms with Gasteiger partial charge < -0.3 is 0 Å². The van der Waals surface area contributed by atoms with Gasteiger partial charge in [0, 0.05) is 0 Å². The van der Waals surface area contributed by atoms with Crippen LogP contribution in [-0.2, 0) is 28.0 Å². The van der Waals surface area contributed by atoms with E-state index in [1.165, 1.54) is 33.4 Å². The second kappa shape index (κ2) is 15.7. The number of rotatable bonds is 10. The van der Waals surface area contributed by atoms with E-state index in [4.69, 9.17) is 22.4 Å². The Bertz CT molecular complexity index is 2420. The summed E-state index contributed by atoms with van der Waals surface area (Å²) in [6.07, 6.45) is 0. The van der Waals surface area contributed by atoms with Gasteiger partial charge in [0.15, 0.2) is 0 Å². The molecular weight excluding hydrogens is 779 g/mol. The molecule has 4 fully saturated rings. The summed E-state index contributed by atoms with van der Waals surface area (Å²) in [5.74, 6) is -0.152. The van der Waals surface area contributed by atoms with Gasteiger partial charge in [-0.1, -0.05) is 177 Å². The Hall–Kier alpha value is -4.02. The van der Waals surface area contributed by atoms with E-state index >= 15 is 0 Å². The molecule has 10 rings (SSSR count). The Labute approximate surface area is 359 Å². The molecule has 5 nitrogen and oxygen atoms in total. The third-order valence-electron chi connectivity index (χ3n) is 12.9. The number of hydrogen-bond donors (Lipinski definition) is 0. The van der Waals surface area contributed by atoms with Crippen molar-refractivity contribution in [2.45, 2.75) is 104 Å². The highest BCUT2D eigenvalue weighted by Gasteiger charge is 2.78. The maximum absolute atomic E-state index is 7.64. The van der Waals surface area contributed by atoms with Crippen molar-refractivity contribution in [2.24, 2.45) is 5.41 Å². The summed E-state index contributed by atoms with van der Waals surface area (Å²) in [5.41, 5.74) is 14.3. The van der Waals surface area contributed by atoms with Gasteiger partial charge in [0.25, 0.3) is 0 Å².